The van der Waals surface area contributed by atoms with E-state index in [1.165, 1.54) is 66.1 Å². The van der Waals surface area contributed by atoms with E-state index in [1.54, 1.807) is 0 Å². The van der Waals surface area contributed by atoms with Crippen LogP contribution >= 0.6 is 0 Å². The minimum Gasteiger partial charge on any atom is -0.279 e. The highest BCUT2D eigenvalue weighted by Gasteiger charge is 2.35. The van der Waals surface area contributed by atoms with Crippen LogP contribution in [0.5, 0.6) is 0 Å². The maximum atomic E-state index is 5.33. The van der Waals surface area contributed by atoms with Gasteiger partial charge in [-0.05, 0) is 116 Å². The molecule has 0 aliphatic heterocycles. The molecule has 0 atom stereocenters. The van der Waals surface area contributed by atoms with Gasteiger partial charge in [-0.3, -0.25) is 8.97 Å². The highest BCUT2D eigenvalue weighted by molar-refractivity contribution is 6.11. The Morgan fingerprint density at radius 2 is 1.00 bits per heavy atom. The van der Waals surface area contributed by atoms with Crippen molar-refractivity contribution in [2.75, 3.05) is 0 Å². The van der Waals surface area contributed by atoms with Gasteiger partial charge in [0.15, 0.2) is 0 Å². The van der Waals surface area contributed by atoms with Crippen LogP contribution in [-0.4, -0.2) is 18.9 Å². The molecule has 4 heteroatoms. The molecule has 0 fully saturated rings. The number of benzene rings is 8. The van der Waals surface area contributed by atoms with E-state index in [1.807, 2.05) is 12.1 Å². The van der Waals surface area contributed by atoms with Crippen LogP contribution in [0.4, 0.5) is 0 Å². The molecule has 1 aliphatic carbocycles. The van der Waals surface area contributed by atoms with Crippen LogP contribution < -0.4 is 0 Å². The van der Waals surface area contributed by atoms with Gasteiger partial charge in [-0.1, -0.05) is 123 Å². The molecule has 1 aliphatic rings. The lowest BCUT2D eigenvalue weighted by Crippen LogP contribution is -2.14. The standard InChI is InChI=1S/C51H34N4/c1-51(2)42-14-6-3-11-37(42)38-25-23-36(30-43(38)51)34-22-20-31-27-33(21-19-32(31)28-34)35-24-26-47-41(29-35)39-12-5-9-17-46(39)54(47)50-53-44-15-7-4-13-40(44)49-52-45-16-8-10-18-48(45)55(49)50/h3-30H,1-2H3. The van der Waals surface area contributed by atoms with Gasteiger partial charge in [-0.2, -0.15) is 0 Å². The van der Waals surface area contributed by atoms with E-state index in [2.05, 4.69) is 181 Å². The zero-order chi connectivity index (χ0) is 36.4. The Bertz CT molecular complexity index is 3420. The zero-order valence-corrected chi connectivity index (χ0v) is 30.5. The van der Waals surface area contributed by atoms with Crippen LogP contribution in [-0.2, 0) is 5.41 Å². The minimum atomic E-state index is -0.0207. The van der Waals surface area contributed by atoms with Gasteiger partial charge in [0.2, 0.25) is 5.95 Å². The van der Waals surface area contributed by atoms with E-state index in [4.69, 9.17) is 9.97 Å². The SMILES string of the molecule is CC1(C)c2ccccc2-c2ccc(-c3ccc4cc(-c5ccc6c(c5)c5ccccc5n6-c5nc6ccccc6c6nc7ccccc7n56)ccc4c3)cc21. The lowest BCUT2D eigenvalue weighted by atomic mass is 9.81. The topological polar surface area (TPSA) is 35.1 Å². The number of fused-ring (bicyclic) bond motifs is 12. The third kappa shape index (κ3) is 4.28. The van der Waals surface area contributed by atoms with Crippen molar-refractivity contribution in [3.63, 3.8) is 0 Å². The summed E-state index contributed by atoms with van der Waals surface area (Å²) in [5.74, 6) is 0.833. The Kier molecular flexibility index (Phi) is 6.09. The fourth-order valence-electron chi connectivity index (χ4n) is 9.33. The Hall–Kier alpha value is -7.04. The van der Waals surface area contributed by atoms with Crippen LogP contribution in [0.2, 0.25) is 0 Å². The van der Waals surface area contributed by atoms with E-state index in [9.17, 15) is 0 Å². The molecule has 0 radical (unpaired) electrons. The van der Waals surface area contributed by atoms with Crippen LogP contribution in [0.15, 0.2) is 170 Å². The van der Waals surface area contributed by atoms with Crippen LogP contribution in [0.3, 0.4) is 0 Å². The van der Waals surface area contributed by atoms with Crippen molar-refractivity contribution in [1.82, 2.24) is 18.9 Å². The Labute approximate surface area is 317 Å². The van der Waals surface area contributed by atoms with Crippen molar-refractivity contribution in [2.24, 2.45) is 0 Å². The van der Waals surface area contributed by atoms with E-state index < -0.39 is 0 Å². The first-order valence-electron chi connectivity index (χ1n) is 19.0. The average molecular weight is 703 g/mol. The maximum Gasteiger partial charge on any atom is 0.221 e. The highest BCUT2D eigenvalue weighted by Crippen LogP contribution is 2.49. The fraction of sp³-hybridized carbons (Fsp3) is 0.0588. The lowest BCUT2D eigenvalue weighted by Gasteiger charge is -2.22. The van der Waals surface area contributed by atoms with Crippen LogP contribution in [0, 0.1) is 0 Å². The van der Waals surface area contributed by atoms with Crippen LogP contribution in [0.1, 0.15) is 25.0 Å². The fourth-order valence-corrected chi connectivity index (χ4v) is 9.33. The second-order valence-electron chi connectivity index (χ2n) is 15.5. The van der Waals surface area contributed by atoms with E-state index >= 15 is 0 Å². The maximum absolute atomic E-state index is 5.33. The van der Waals surface area contributed by atoms with Gasteiger partial charge >= 0.3 is 0 Å². The number of rotatable bonds is 3. The normalized spacial score (nSPS) is 13.4. The summed E-state index contributed by atoms with van der Waals surface area (Å²) in [7, 11) is 0. The van der Waals surface area contributed by atoms with Crippen molar-refractivity contribution in [3.05, 3.63) is 181 Å². The molecule has 0 N–H and O–H groups in total. The van der Waals surface area contributed by atoms with Crippen molar-refractivity contribution in [2.45, 2.75) is 19.3 Å². The monoisotopic (exact) mass is 702 g/mol. The van der Waals surface area contributed by atoms with E-state index in [-0.39, 0.29) is 5.41 Å². The molecule has 258 valence electrons. The third-order valence-electron chi connectivity index (χ3n) is 12.1. The second-order valence-corrected chi connectivity index (χ2v) is 15.5. The Morgan fingerprint density at radius 3 is 1.82 bits per heavy atom. The Morgan fingerprint density at radius 1 is 0.418 bits per heavy atom. The summed E-state index contributed by atoms with van der Waals surface area (Å²) in [6, 6.07) is 61.8. The molecule has 0 unspecified atom stereocenters. The lowest BCUT2D eigenvalue weighted by molar-refractivity contribution is 0.660. The molecule has 55 heavy (non-hydrogen) atoms. The Balaban J connectivity index is 0.979. The molecule has 0 saturated heterocycles. The predicted molar refractivity (Wildman–Crippen MR) is 228 cm³/mol. The summed E-state index contributed by atoms with van der Waals surface area (Å²) >= 11 is 0. The summed E-state index contributed by atoms with van der Waals surface area (Å²) in [5, 5.41) is 5.89. The predicted octanol–water partition coefficient (Wildman–Crippen LogP) is 12.9. The molecule has 4 nitrogen and oxygen atoms in total. The van der Waals surface area contributed by atoms with Gasteiger partial charge in [-0.25, -0.2) is 9.97 Å². The largest absolute Gasteiger partial charge is 0.279 e. The first kappa shape index (κ1) is 30.4. The minimum absolute atomic E-state index is 0.0207. The molecule has 0 bridgehead atoms. The molecule has 0 amide bonds. The number of hydrogen-bond acceptors (Lipinski definition) is 2. The van der Waals surface area contributed by atoms with Crippen molar-refractivity contribution >= 4 is 60.2 Å². The first-order valence-corrected chi connectivity index (χ1v) is 19.0. The van der Waals surface area contributed by atoms with E-state index in [0.29, 0.717) is 0 Å². The van der Waals surface area contributed by atoms with Crippen molar-refractivity contribution in [1.29, 1.82) is 0 Å². The smallest absolute Gasteiger partial charge is 0.221 e. The van der Waals surface area contributed by atoms with Gasteiger partial charge < -0.3 is 0 Å². The van der Waals surface area contributed by atoms with Gasteiger partial charge in [0.1, 0.15) is 5.65 Å². The number of para-hydroxylation sites is 4. The molecule has 12 rings (SSSR count). The van der Waals surface area contributed by atoms with E-state index in [0.717, 1.165) is 44.6 Å². The molecular weight excluding hydrogens is 669 g/mol. The second kappa shape index (κ2) is 11.0. The van der Waals surface area contributed by atoms with Gasteiger partial charge in [0.25, 0.3) is 0 Å². The quantitative estimate of drug-likeness (QED) is 0.184. The summed E-state index contributed by atoms with van der Waals surface area (Å²) in [6.45, 7) is 4.69. The number of nitrogens with zero attached hydrogens (tertiary/aromatic N) is 4. The van der Waals surface area contributed by atoms with Gasteiger partial charge in [0, 0.05) is 21.6 Å². The molecule has 3 aromatic heterocycles. The van der Waals surface area contributed by atoms with Gasteiger partial charge in [0.05, 0.1) is 27.6 Å². The molecule has 0 saturated carbocycles. The van der Waals surface area contributed by atoms with Gasteiger partial charge in [-0.15, -0.1) is 0 Å². The average Bonchev–Trinajstić information content (AvgIpc) is 3.86. The summed E-state index contributed by atoms with van der Waals surface area (Å²) in [4.78, 5) is 10.4. The van der Waals surface area contributed by atoms with Crippen molar-refractivity contribution < 1.29 is 0 Å². The molecule has 3 heterocycles. The highest BCUT2D eigenvalue weighted by atomic mass is 15.2. The summed E-state index contributed by atoms with van der Waals surface area (Å²) in [5.41, 5.74) is 16.4. The number of imidazole rings is 1. The molecule has 0 spiro atoms. The summed E-state index contributed by atoms with van der Waals surface area (Å²) in [6.07, 6.45) is 0. The molecule has 8 aromatic carbocycles. The zero-order valence-electron chi connectivity index (χ0n) is 30.5. The van der Waals surface area contributed by atoms with Crippen molar-refractivity contribution in [3.8, 4) is 39.3 Å². The molecular formula is C51H34N4. The number of hydrogen-bond donors (Lipinski definition) is 0. The summed E-state index contributed by atoms with van der Waals surface area (Å²) < 4.78 is 4.53. The molecule has 11 aromatic rings. The number of aromatic nitrogens is 4. The first-order chi connectivity index (χ1) is 27.0. The third-order valence-corrected chi connectivity index (χ3v) is 12.1. The van der Waals surface area contributed by atoms with Crippen LogP contribution in [0.25, 0.3) is 99.5 Å².